The summed E-state index contributed by atoms with van der Waals surface area (Å²) in [5.41, 5.74) is 5.95. The fourth-order valence-electron chi connectivity index (χ4n) is 6.33. The van der Waals surface area contributed by atoms with E-state index in [1.54, 1.807) is 17.2 Å². The van der Waals surface area contributed by atoms with Crippen molar-refractivity contribution in [2.24, 2.45) is 5.73 Å². The lowest BCUT2D eigenvalue weighted by atomic mass is 10.0. The molecule has 2 atom stereocenters. The highest BCUT2D eigenvalue weighted by Crippen LogP contribution is 2.40. The van der Waals surface area contributed by atoms with Crippen LogP contribution in [0.15, 0.2) is 58.9 Å². The standard InChI is InChI=1S/C34H36F2N8O3S/c1-6-26(45)41-12-13-42(19(4)17-41)31-21-16-23(36)29-27-22(35)8-7-9-24(27)43(33(46)20(5)37)14-15-48-25-10-11-38-28(18(2)3)30(25)44(32(21)39-29)34(47)40-31/h6-11,16,18-20H,1,12-15,17,37H2,2-5H3/t19-,20?/m0/s1. The highest BCUT2D eigenvalue weighted by molar-refractivity contribution is 7.99. The van der Waals surface area contributed by atoms with Crippen LogP contribution in [0, 0.1) is 11.6 Å². The number of amides is 2. The summed E-state index contributed by atoms with van der Waals surface area (Å²) in [7, 11) is 0. The van der Waals surface area contributed by atoms with Crippen LogP contribution in [0.5, 0.6) is 0 Å². The molecule has 0 aliphatic carbocycles. The van der Waals surface area contributed by atoms with Gasteiger partial charge in [-0.05, 0) is 50.1 Å². The molecule has 2 bridgehead atoms. The van der Waals surface area contributed by atoms with Gasteiger partial charge in [0.1, 0.15) is 17.3 Å². The van der Waals surface area contributed by atoms with Crippen LogP contribution < -0.4 is 21.2 Å². The molecule has 2 N–H and O–H groups in total. The lowest BCUT2D eigenvalue weighted by molar-refractivity contribution is -0.126. The Kier molecular flexibility index (Phi) is 9.05. The van der Waals surface area contributed by atoms with Crippen molar-refractivity contribution in [2.75, 3.05) is 41.7 Å². The second-order valence-corrected chi connectivity index (χ2v) is 13.4. The van der Waals surface area contributed by atoms with Crippen molar-refractivity contribution in [2.45, 2.75) is 50.6 Å². The van der Waals surface area contributed by atoms with Gasteiger partial charge >= 0.3 is 5.69 Å². The summed E-state index contributed by atoms with van der Waals surface area (Å²) in [5.74, 6) is -1.96. The summed E-state index contributed by atoms with van der Waals surface area (Å²) in [5, 5.41) is 0.221. The molecule has 0 radical (unpaired) electrons. The predicted molar refractivity (Wildman–Crippen MR) is 183 cm³/mol. The molecule has 1 saturated heterocycles. The minimum Gasteiger partial charge on any atom is -0.350 e. The molecule has 14 heteroatoms. The molecule has 250 valence electrons. The van der Waals surface area contributed by atoms with Gasteiger partial charge in [-0.1, -0.05) is 26.5 Å². The van der Waals surface area contributed by atoms with Crippen LogP contribution in [0.25, 0.3) is 28.0 Å². The number of benzene rings is 1. The fraction of sp³-hybridized carbons (Fsp3) is 0.353. The number of fused-ring (bicyclic) bond motifs is 5. The van der Waals surface area contributed by atoms with E-state index in [-0.39, 0.29) is 58.2 Å². The summed E-state index contributed by atoms with van der Waals surface area (Å²) >= 11 is 1.39. The Hall–Kier alpha value is -4.69. The zero-order valence-corrected chi connectivity index (χ0v) is 27.9. The number of halogens is 2. The van der Waals surface area contributed by atoms with E-state index in [0.717, 1.165) is 0 Å². The fourth-order valence-corrected chi connectivity index (χ4v) is 7.32. The Bertz CT molecular complexity index is 2020. The Morgan fingerprint density at radius 1 is 1.10 bits per heavy atom. The number of hydrogen-bond donors (Lipinski definition) is 1. The molecule has 3 aromatic heterocycles. The average molecular weight is 675 g/mol. The Labute approximate surface area is 280 Å². The van der Waals surface area contributed by atoms with Gasteiger partial charge in [-0.2, -0.15) is 4.98 Å². The molecule has 0 spiro atoms. The first-order valence-corrected chi connectivity index (χ1v) is 16.7. The number of aromatic nitrogens is 4. The first-order chi connectivity index (χ1) is 22.9. The molecular weight excluding hydrogens is 638 g/mol. The van der Waals surface area contributed by atoms with E-state index in [0.29, 0.717) is 41.7 Å². The summed E-state index contributed by atoms with van der Waals surface area (Å²) in [4.78, 5) is 59.5. The van der Waals surface area contributed by atoms with Gasteiger partial charge in [-0.3, -0.25) is 14.6 Å². The van der Waals surface area contributed by atoms with Crippen LogP contribution in [0.3, 0.4) is 0 Å². The molecule has 6 rings (SSSR count). The van der Waals surface area contributed by atoms with Crippen molar-refractivity contribution in [3.63, 3.8) is 0 Å². The highest BCUT2D eigenvalue weighted by atomic mass is 32.2. The second kappa shape index (κ2) is 13.1. The van der Waals surface area contributed by atoms with E-state index < -0.39 is 29.3 Å². The average Bonchev–Trinajstić information content (AvgIpc) is 3.05. The number of piperazine rings is 1. The zero-order chi connectivity index (χ0) is 34.4. The first-order valence-electron chi connectivity index (χ1n) is 15.7. The number of anilines is 2. The Morgan fingerprint density at radius 2 is 1.88 bits per heavy atom. The zero-order valence-electron chi connectivity index (χ0n) is 27.1. The van der Waals surface area contributed by atoms with Crippen molar-refractivity contribution in [1.82, 2.24) is 24.4 Å². The number of nitrogens with zero attached hydrogens (tertiary/aromatic N) is 7. The van der Waals surface area contributed by atoms with Crippen LogP contribution in [0.2, 0.25) is 0 Å². The van der Waals surface area contributed by atoms with Crippen LogP contribution in [-0.2, 0) is 9.59 Å². The molecule has 1 aromatic carbocycles. The van der Waals surface area contributed by atoms with Gasteiger partial charge in [0.15, 0.2) is 11.5 Å². The van der Waals surface area contributed by atoms with Crippen molar-refractivity contribution in [1.29, 1.82) is 0 Å². The largest absolute Gasteiger partial charge is 0.355 e. The molecule has 48 heavy (non-hydrogen) atoms. The van der Waals surface area contributed by atoms with Crippen molar-refractivity contribution in [3.05, 3.63) is 77.0 Å². The maximum absolute atomic E-state index is 16.5. The van der Waals surface area contributed by atoms with E-state index in [2.05, 4.69) is 16.5 Å². The second-order valence-electron chi connectivity index (χ2n) is 12.2. The lowest BCUT2D eigenvalue weighted by Gasteiger charge is -2.40. The number of hydrogen-bond acceptors (Lipinski definition) is 9. The normalized spacial score (nSPS) is 17.1. The number of rotatable bonds is 4. The molecule has 1 fully saturated rings. The molecule has 2 amide bonds. The van der Waals surface area contributed by atoms with Crippen molar-refractivity contribution < 1.29 is 18.4 Å². The summed E-state index contributed by atoms with van der Waals surface area (Å²) in [6.45, 7) is 12.0. The molecule has 11 nitrogen and oxygen atoms in total. The molecule has 0 saturated carbocycles. The Balaban J connectivity index is 1.70. The number of pyridine rings is 2. The minimum absolute atomic E-state index is 0.0507. The highest BCUT2D eigenvalue weighted by Gasteiger charge is 2.33. The third kappa shape index (κ3) is 5.72. The van der Waals surface area contributed by atoms with Crippen LogP contribution in [0.4, 0.5) is 20.3 Å². The van der Waals surface area contributed by atoms with Crippen LogP contribution in [-0.4, -0.2) is 80.2 Å². The summed E-state index contributed by atoms with van der Waals surface area (Å²) in [6, 6.07) is 5.92. The molecular formula is C34H36F2N8O3S. The lowest BCUT2D eigenvalue weighted by Crippen LogP contribution is -2.54. The van der Waals surface area contributed by atoms with E-state index in [1.807, 2.05) is 25.7 Å². The van der Waals surface area contributed by atoms with E-state index in [1.165, 1.54) is 58.5 Å². The van der Waals surface area contributed by atoms with Crippen LogP contribution in [0.1, 0.15) is 39.3 Å². The smallest absolute Gasteiger partial charge is 0.350 e. The van der Waals surface area contributed by atoms with Gasteiger partial charge < -0.3 is 20.4 Å². The van der Waals surface area contributed by atoms with E-state index in [9.17, 15) is 14.4 Å². The predicted octanol–water partition coefficient (Wildman–Crippen LogP) is 4.25. The summed E-state index contributed by atoms with van der Waals surface area (Å²) in [6.07, 6.45) is 2.91. The molecule has 2 aliphatic rings. The molecule has 4 aromatic rings. The van der Waals surface area contributed by atoms with Gasteiger partial charge in [0.05, 0.1) is 34.1 Å². The monoisotopic (exact) mass is 674 g/mol. The van der Waals surface area contributed by atoms with Gasteiger partial charge in [0.2, 0.25) is 11.8 Å². The Morgan fingerprint density at radius 3 is 2.56 bits per heavy atom. The third-order valence-corrected chi connectivity index (χ3v) is 9.65. The van der Waals surface area contributed by atoms with Gasteiger partial charge in [-0.15, -0.1) is 11.8 Å². The third-order valence-electron chi connectivity index (χ3n) is 8.62. The van der Waals surface area contributed by atoms with Gasteiger partial charge in [-0.25, -0.2) is 23.1 Å². The number of nitrogens with two attached hydrogens (primary N) is 1. The van der Waals surface area contributed by atoms with E-state index >= 15 is 8.78 Å². The maximum Gasteiger partial charge on any atom is 0.355 e. The quantitative estimate of drug-likeness (QED) is 0.316. The molecule has 2 aliphatic heterocycles. The summed E-state index contributed by atoms with van der Waals surface area (Å²) < 4.78 is 33.7. The molecule has 5 heterocycles. The van der Waals surface area contributed by atoms with Crippen molar-refractivity contribution >= 4 is 46.1 Å². The van der Waals surface area contributed by atoms with Crippen molar-refractivity contribution in [3.8, 4) is 16.9 Å². The number of thioether (sulfide) groups is 1. The number of carbonyl (C=O) groups excluding carboxylic acids is 2. The van der Waals surface area contributed by atoms with E-state index in [4.69, 9.17) is 10.7 Å². The SMILES string of the molecule is C=CC(=O)N1CCN(c2nc(=O)n3c4nc(c(F)cc24)-c2c(F)cccc2N(C(=O)C(C)N)CCSc2ccnc(C(C)C)c2-3)[C@@H](C)C1. The maximum atomic E-state index is 16.5. The van der Waals surface area contributed by atoms with Gasteiger partial charge in [0, 0.05) is 49.1 Å². The van der Waals surface area contributed by atoms with Gasteiger partial charge in [0.25, 0.3) is 0 Å². The molecule has 1 unspecified atom stereocenters. The number of carbonyl (C=O) groups is 2. The first kappa shape index (κ1) is 33.2. The topological polar surface area (TPSA) is 131 Å². The minimum atomic E-state index is -0.916. The van der Waals surface area contributed by atoms with Crippen LogP contribution >= 0.6 is 11.8 Å².